The lowest BCUT2D eigenvalue weighted by molar-refractivity contribution is 0.203. The number of rotatable bonds is 4. The molecule has 5 heterocycles. The molecule has 2 aliphatic rings. The predicted molar refractivity (Wildman–Crippen MR) is 122 cm³/mol. The Bertz CT molecular complexity index is 1130. The van der Waals surface area contributed by atoms with Gasteiger partial charge in [-0.3, -0.25) is 4.68 Å². The summed E-state index contributed by atoms with van der Waals surface area (Å²) in [6.07, 6.45) is 7.15. The molecule has 7 heteroatoms. The Balaban J connectivity index is 1.44. The van der Waals surface area contributed by atoms with Crippen molar-refractivity contribution in [3.63, 3.8) is 0 Å². The molecule has 1 spiro atoms. The Hall–Kier alpha value is -2.83. The van der Waals surface area contributed by atoms with E-state index < -0.39 is 0 Å². The number of amides is 2. The van der Waals surface area contributed by atoms with E-state index in [0.717, 1.165) is 55.8 Å². The molecular weight excluding hydrogens is 388 g/mol. The Morgan fingerprint density at radius 2 is 2.06 bits per heavy atom. The standard InChI is InChI=1S/C24H32N6O/c1-5-16(4)19-13-26-22-18(19)10-17(12-25-22)20-11-21-24(7-9-30(21)28-20)6-8-29(14-24)23(31)27-15(2)3/h10-13,15-16H,5-9,14H2,1-4H3,(H,25,26)(H,27,31). The lowest BCUT2D eigenvalue weighted by Gasteiger charge is -2.24. The number of hydrogen-bond donors (Lipinski definition) is 2. The molecule has 2 amide bonds. The number of nitrogens with one attached hydrogen (secondary N) is 2. The van der Waals surface area contributed by atoms with Crippen molar-refractivity contribution in [1.82, 2.24) is 30.0 Å². The quantitative estimate of drug-likeness (QED) is 0.656. The van der Waals surface area contributed by atoms with Gasteiger partial charge in [0.1, 0.15) is 5.65 Å². The van der Waals surface area contributed by atoms with Crippen LogP contribution >= 0.6 is 0 Å². The summed E-state index contributed by atoms with van der Waals surface area (Å²) in [6, 6.07) is 4.66. The van der Waals surface area contributed by atoms with E-state index >= 15 is 0 Å². The molecule has 0 saturated carbocycles. The summed E-state index contributed by atoms with van der Waals surface area (Å²) < 4.78 is 2.15. The van der Waals surface area contributed by atoms with E-state index in [2.05, 4.69) is 52.1 Å². The molecule has 0 aromatic carbocycles. The number of urea groups is 1. The number of nitrogens with zero attached hydrogens (tertiary/aromatic N) is 4. The van der Waals surface area contributed by atoms with E-state index in [-0.39, 0.29) is 17.5 Å². The summed E-state index contributed by atoms with van der Waals surface area (Å²) in [5.74, 6) is 0.488. The molecule has 2 atom stereocenters. The van der Waals surface area contributed by atoms with Crippen LogP contribution in [0.15, 0.2) is 24.5 Å². The number of aromatic nitrogens is 4. The van der Waals surface area contributed by atoms with Crippen molar-refractivity contribution in [3.05, 3.63) is 35.8 Å². The number of aromatic amines is 1. The maximum Gasteiger partial charge on any atom is 0.317 e. The Morgan fingerprint density at radius 1 is 1.26 bits per heavy atom. The zero-order valence-electron chi connectivity index (χ0n) is 18.9. The van der Waals surface area contributed by atoms with Gasteiger partial charge in [-0.1, -0.05) is 13.8 Å². The second-order valence-corrected chi connectivity index (χ2v) is 9.62. The highest BCUT2D eigenvalue weighted by atomic mass is 16.2. The molecular formula is C24H32N6O. The van der Waals surface area contributed by atoms with Crippen molar-refractivity contribution in [2.24, 2.45) is 0 Å². The first-order chi connectivity index (χ1) is 14.9. The molecule has 164 valence electrons. The van der Waals surface area contributed by atoms with Crippen LogP contribution in [0.4, 0.5) is 4.79 Å². The SMILES string of the molecule is CCC(C)c1c[nH]c2ncc(-c3cc4n(n3)CCC43CCN(C(=O)NC(C)C)C3)cc12. The number of hydrogen-bond acceptors (Lipinski definition) is 3. The molecule has 5 rings (SSSR count). The van der Waals surface area contributed by atoms with Crippen LogP contribution in [0.1, 0.15) is 64.1 Å². The predicted octanol–water partition coefficient (Wildman–Crippen LogP) is 4.41. The molecule has 7 nitrogen and oxygen atoms in total. The third-order valence-corrected chi connectivity index (χ3v) is 7.18. The molecule has 31 heavy (non-hydrogen) atoms. The van der Waals surface area contributed by atoms with E-state index in [9.17, 15) is 4.79 Å². The number of carbonyl (C=O) groups is 1. The summed E-state index contributed by atoms with van der Waals surface area (Å²) in [5, 5.41) is 9.15. The number of aryl methyl sites for hydroxylation is 1. The van der Waals surface area contributed by atoms with Crippen molar-refractivity contribution >= 4 is 17.1 Å². The van der Waals surface area contributed by atoms with Gasteiger partial charge in [-0.2, -0.15) is 5.10 Å². The first-order valence-corrected chi connectivity index (χ1v) is 11.5. The minimum Gasteiger partial charge on any atom is -0.346 e. The Kier molecular flexibility index (Phi) is 4.79. The van der Waals surface area contributed by atoms with Crippen molar-refractivity contribution in [2.45, 2.75) is 70.9 Å². The van der Waals surface area contributed by atoms with E-state index in [4.69, 9.17) is 5.10 Å². The smallest absolute Gasteiger partial charge is 0.317 e. The highest BCUT2D eigenvalue weighted by molar-refractivity contribution is 5.84. The fourth-order valence-corrected chi connectivity index (χ4v) is 5.19. The molecule has 2 N–H and O–H groups in total. The highest BCUT2D eigenvalue weighted by Crippen LogP contribution is 2.44. The van der Waals surface area contributed by atoms with Crippen LogP contribution in [0.5, 0.6) is 0 Å². The number of pyridine rings is 1. The van der Waals surface area contributed by atoms with Gasteiger partial charge in [0, 0.05) is 60.1 Å². The normalized spacial score (nSPS) is 21.4. The van der Waals surface area contributed by atoms with Crippen LogP contribution < -0.4 is 5.32 Å². The van der Waals surface area contributed by atoms with Gasteiger partial charge in [-0.25, -0.2) is 9.78 Å². The minimum absolute atomic E-state index is 0.0209. The van der Waals surface area contributed by atoms with E-state index in [1.165, 1.54) is 16.6 Å². The molecule has 2 aliphatic heterocycles. The highest BCUT2D eigenvalue weighted by Gasteiger charge is 2.47. The van der Waals surface area contributed by atoms with Crippen LogP contribution in [0, 0.1) is 0 Å². The first kappa shape index (κ1) is 20.1. The fraction of sp³-hybridized carbons (Fsp3) is 0.542. The zero-order valence-corrected chi connectivity index (χ0v) is 18.9. The van der Waals surface area contributed by atoms with E-state index in [1.807, 2.05) is 24.9 Å². The van der Waals surface area contributed by atoms with Crippen LogP contribution in [0.25, 0.3) is 22.3 Å². The minimum atomic E-state index is 0.0209. The van der Waals surface area contributed by atoms with Gasteiger partial charge >= 0.3 is 6.03 Å². The Morgan fingerprint density at radius 3 is 2.84 bits per heavy atom. The maximum atomic E-state index is 12.5. The van der Waals surface area contributed by atoms with E-state index in [0.29, 0.717) is 5.92 Å². The zero-order chi connectivity index (χ0) is 21.8. The number of H-pyrrole nitrogens is 1. The van der Waals surface area contributed by atoms with Crippen molar-refractivity contribution < 1.29 is 4.79 Å². The second-order valence-electron chi connectivity index (χ2n) is 9.62. The topological polar surface area (TPSA) is 78.8 Å². The van der Waals surface area contributed by atoms with Crippen LogP contribution in [0.2, 0.25) is 0 Å². The Labute approximate surface area is 183 Å². The van der Waals surface area contributed by atoms with Crippen LogP contribution in [-0.4, -0.2) is 49.8 Å². The average molecular weight is 421 g/mol. The molecule has 0 aliphatic carbocycles. The van der Waals surface area contributed by atoms with Gasteiger partial charge in [0.25, 0.3) is 0 Å². The van der Waals surface area contributed by atoms with Gasteiger partial charge in [-0.05, 0) is 56.7 Å². The van der Waals surface area contributed by atoms with Gasteiger partial charge in [0.15, 0.2) is 0 Å². The second kappa shape index (κ2) is 7.39. The lowest BCUT2D eigenvalue weighted by atomic mass is 9.82. The van der Waals surface area contributed by atoms with Crippen molar-refractivity contribution in [2.75, 3.05) is 13.1 Å². The summed E-state index contributed by atoms with van der Waals surface area (Å²) in [6.45, 7) is 11.0. The summed E-state index contributed by atoms with van der Waals surface area (Å²) in [4.78, 5) is 22.5. The molecule has 0 bridgehead atoms. The van der Waals surface area contributed by atoms with Crippen LogP contribution in [-0.2, 0) is 12.0 Å². The molecule has 3 aromatic rings. The van der Waals surface area contributed by atoms with Gasteiger partial charge in [0.2, 0.25) is 0 Å². The molecule has 2 unspecified atom stereocenters. The van der Waals surface area contributed by atoms with E-state index in [1.54, 1.807) is 0 Å². The molecule has 3 aromatic heterocycles. The lowest BCUT2D eigenvalue weighted by Crippen LogP contribution is -2.43. The fourth-order valence-electron chi connectivity index (χ4n) is 5.19. The molecule has 0 radical (unpaired) electrons. The summed E-state index contributed by atoms with van der Waals surface area (Å²) in [5.41, 5.74) is 5.57. The van der Waals surface area contributed by atoms with Crippen LogP contribution in [0.3, 0.4) is 0 Å². The largest absolute Gasteiger partial charge is 0.346 e. The molecule has 1 fully saturated rings. The monoisotopic (exact) mass is 420 g/mol. The maximum absolute atomic E-state index is 12.5. The number of fused-ring (bicyclic) bond motifs is 3. The summed E-state index contributed by atoms with van der Waals surface area (Å²) >= 11 is 0. The third-order valence-electron chi connectivity index (χ3n) is 7.18. The first-order valence-electron chi connectivity index (χ1n) is 11.5. The number of likely N-dealkylation sites (tertiary alicyclic amines) is 1. The van der Waals surface area contributed by atoms with Gasteiger partial charge < -0.3 is 15.2 Å². The van der Waals surface area contributed by atoms with Gasteiger partial charge in [-0.15, -0.1) is 0 Å². The summed E-state index contributed by atoms with van der Waals surface area (Å²) in [7, 11) is 0. The number of carbonyl (C=O) groups excluding carboxylic acids is 1. The molecule has 1 saturated heterocycles. The van der Waals surface area contributed by atoms with Crippen molar-refractivity contribution in [1.29, 1.82) is 0 Å². The average Bonchev–Trinajstić information content (AvgIpc) is 3.51. The third kappa shape index (κ3) is 3.30. The van der Waals surface area contributed by atoms with Gasteiger partial charge in [0.05, 0.1) is 5.69 Å². The van der Waals surface area contributed by atoms with Crippen molar-refractivity contribution in [3.8, 4) is 11.3 Å².